The van der Waals surface area contributed by atoms with Gasteiger partial charge in [0.2, 0.25) is 0 Å². The predicted molar refractivity (Wildman–Crippen MR) is 185 cm³/mol. The molecule has 4 heteroatoms. The minimum Gasteiger partial charge on any atom is -0.456 e. The number of benzene rings is 7. The van der Waals surface area contributed by atoms with Crippen LogP contribution >= 0.6 is 0 Å². The van der Waals surface area contributed by atoms with Crippen LogP contribution < -0.4 is 10.6 Å². The topological polar surface area (TPSA) is 49.6 Å². The van der Waals surface area contributed by atoms with E-state index in [0.29, 0.717) is 0 Å². The van der Waals surface area contributed by atoms with E-state index in [2.05, 4.69) is 144 Å². The maximum atomic E-state index is 6.58. The number of amidine groups is 1. The Labute approximate surface area is 260 Å². The second-order valence-corrected chi connectivity index (χ2v) is 11.6. The summed E-state index contributed by atoms with van der Waals surface area (Å²) in [5, 5.41) is 14.7. The lowest BCUT2D eigenvalue weighted by atomic mass is 9.91. The van der Waals surface area contributed by atoms with Crippen LogP contribution in [-0.2, 0) is 0 Å². The quantitative estimate of drug-likeness (QED) is 0.204. The Hall–Kier alpha value is -5.71. The Morgan fingerprint density at radius 1 is 0.533 bits per heavy atom. The summed E-state index contributed by atoms with van der Waals surface area (Å²) < 4.78 is 6.58. The minimum atomic E-state index is -0.238. The van der Waals surface area contributed by atoms with Gasteiger partial charge in [0, 0.05) is 21.9 Å². The lowest BCUT2D eigenvalue weighted by Gasteiger charge is -2.32. The molecule has 0 saturated carbocycles. The molecule has 8 aromatic rings. The van der Waals surface area contributed by atoms with Gasteiger partial charge in [0.05, 0.1) is 0 Å². The first kappa shape index (κ1) is 25.8. The first-order chi connectivity index (χ1) is 22.3. The van der Waals surface area contributed by atoms with Crippen molar-refractivity contribution in [3.05, 3.63) is 168 Å². The van der Waals surface area contributed by atoms with E-state index in [0.717, 1.165) is 50.0 Å². The molecule has 1 aliphatic rings. The maximum Gasteiger partial charge on any atom is 0.136 e. The van der Waals surface area contributed by atoms with E-state index in [9.17, 15) is 0 Å². The largest absolute Gasteiger partial charge is 0.456 e. The molecule has 2 atom stereocenters. The highest BCUT2D eigenvalue weighted by Crippen LogP contribution is 2.41. The van der Waals surface area contributed by atoms with Crippen molar-refractivity contribution in [3.63, 3.8) is 0 Å². The van der Waals surface area contributed by atoms with Gasteiger partial charge in [0.15, 0.2) is 0 Å². The van der Waals surface area contributed by atoms with Gasteiger partial charge in [-0.15, -0.1) is 0 Å². The molecule has 0 fully saturated rings. The third-order valence-corrected chi connectivity index (χ3v) is 8.93. The molecule has 0 saturated heterocycles. The van der Waals surface area contributed by atoms with Crippen molar-refractivity contribution in [2.75, 3.05) is 0 Å². The standard InChI is InChI=1S/C41H29N3O/c1-3-13-26(14-4-1)39-42-40(27-15-5-2-6-16-27)44-41(43-39)35-24-29(25-37-38(35)33-21-11-12-22-36(33)45-37)34-23-28-17-7-8-18-30(28)31-19-9-10-20-32(31)34/h1-25,39,41,43H,(H,42,44). The zero-order chi connectivity index (χ0) is 29.7. The van der Waals surface area contributed by atoms with Gasteiger partial charge in [0.25, 0.3) is 0 Å². The van der Waals surface area contributed by atoms with Gasteiger partial charge in [-0.3, -0.25) is 5.32 Å². The molecule has 7 aromatic carbocycles. The van der Waals surface area contributed by atoms with Crippen LogP contribution in [-0.4, -0.2) is 5.84 Å². The van der Waals surface area contributed by atoms with Crippen molar-refractivity contribution in [2.24, 2.45) is 4.99 Å². The second kappa shape index (κ2) is 10.5. The van der Waals surface area contributed by atoms with Crippen molar-refractivity contribution < 1.29 is 4.42 Å². The van der Waals surface area contributed by atoms with E-state index in [1.807, 2.05) is 18.2 Å². The number of hydrogen-bond acceptors (Lipinski definition) is 4. The molecule has 45 heavy (non-hydrogen) atoms. The Morgan fingerprint density at radius 3 is 2.02 bits per heavy atom. The van der Waals surface area contributed by atoms with Gasteiger partial charge in [-0.1, -0.05) is 127 Å². The first-order valence-electron chi connectivity index (χ1n) is 15.4. The van der Waals surface area contributed by atoms with Crippen LogP contribution in [0.5, 0.6) is 0 Å². The molecule has 1 aliphatic heterocycles. The lowest BCUT2D eigenvalue weighted by molar-refractivity contribution is 0.411. The molecule has 2 N–H and O–H groups in total. The summed E-state index contributed by atoms with van der Waals surface area (Å²) in [7, 11) is 0. The number of nitrogens with one attached hydrogen (secondary N) is 2. The van der Waals surface area contributed by atoms with Crippen molar-refractivity contribution in [1.82, 2.24) is 10.6 Å². The van der Waals surface area contributed by atoms with E-state index in [4.69, 9.17) is 9.41 Å². The fourth-order valence-corrected chi connectivity index (χ4v) is 6.83. The third-order valence-electron chi connectivity index (χ3n) is 8.93. The number of rotatable bonds is 4. The summed E-state index contributed by atoms with van der Waals surface area (Å²) in [4.78, 5) is 5.15. The third kappa shape index (κ3) is 4.38. The van der Waals surface area contributed by atoms with Gasteiger partial charge in [-0.05, 0) is 62.5 Å². The SMILES string of the molecule is c1ccc(C2=NC(c3ccccc3)NC(c3cc(-c4cc5ccccc5c5ccccc45)cc4oc5ccccc5c34)N2)cc1. The molecular formula is C41H29N3O. The van der Waals surface area contributed by atoms with Gasteiger partial charge in [0.1, 0.15) is 29.3 Å². The zero-order valence-electron chi connectivity index (χ0n) is 24.4. The van der Waals surface area contributed by atoms with Gasteiger partial charge in [-0.2, -0.15) is 0 Å². The van der Waals surface area contributed by atoms with Gasteiger partial charge in [-0.25, -0.2) is 4.99 Å². The molecule has 0 aliphatic carbocycles. The molecule has 9 rings (SSSR count). The van der Waals surface area contributed by atoms with Crippen molar-refractivity contribution in [1.29, 1.82) is 0 Å². The summed E-state index contributed by atoms with van der Waals surface area (Å²) in [6.45, 7) is 0. The number of para-hydroxylation sites is 1. The normalized spacial score (nSPS) is 16.7. The van der Waals surface area contributed by atoms with Crippen LogP contribution in [0.3, 0.4) is 0 Å². The van der Waals surface area contributed by atoms with E-state index >= 15 is 0 Å². The van der Waals surface area contributed by atoms with E-state index in [-0.39, 0.29) is 12.3 Å². The zero-order valence-corrected chi connectivity index (χ0v) is 24.4. The maximum absolute atomic E-state index is 6.58. The van der Waals surface area contributed by atoms with Crippen LogP contribution in [0.15, 0.2) is 161 Å². The smallest absolute Gasteiger partial charge is 0.136 e. The average Bonchev–Trinajstić information content (AvgIpc) is 3.50. The number of fused-ring (bicyclic) bond motifs is 6. The molecule has 2 heterocycles. The fraction of sp³-hybridized carbons (Fsp3) is 0.0488. The Morgan fingerprint density at radius 2 is 1.20 bits per heavy atom. The number of hydrogen-bond donors (Lipinski definition) is 2. The Bertz CT molecular complexity index is 2390. The molecule has 0 radical (unpaired) electrons. The monoisotopic (exact) mass is 579 g/mol. The number of nitrogens with zero attached hydrogens (tertiary/aromatic N) is 1. The highest BCUT2D eigenvalue weighted by molar-refractivity contribution is 6.15. The van der Waals surface area contributed by atoms with E-state index < -0.39 is 0 Å². The summed E-state index contributed by atoms with van der Waals surface area (Å²) in [6, 6.07) is 53.3. The van der Waals surface area contributed by atoms with E-state index in [1.165, 1.54) is 27.1 Å². The van der Waals surface area contributed by atoms with Crippen LogP contribution in [0.2, 0.25) is 0 Å². The minimum absolute atomic E-state index is 0.231. The molecule has 2 unspecified atom stereocenters. The molecule has 4 nitrogen and oxygen atoms in total. The highest BCUT2D eigenvalue weighted by atomic mass is 16.3. The summed E-state index contributed by atoms with van der Waals surface area (Å²) in [5.41, 5.74) is 7.32. The predicted octanol–water partition coefficient (Wildman–Crippen LogP) is 9.90. The molecular weight excluding hydrogens is 550 g/mol. The molecule has 0 spiro atoms. The molecule has 0 amide bonds. The van der Waals surface area contributed by atoms with Crippen molar-refractivity contribution >= 4 is 49.3 Å². The lowest BCUT2D eigenvalue weighted by Crippen LogP contribution is -2.45. The summed E-state index contributed by atoms with van der Waals surface area (Å²) in [5.74, 6) is 0.857. The van der Waals surface area contributed by atoms with Crippen molar-refractivity contribution in [2.45, 2.75) is 12.3 Å². The highest BCUT2D eigenvalue weighted by Gasteiger charge is 2.28. The number of furan rings is 1. The average molecular weight is 580 g/mol. The van der Waals surface area contributed by atoms with Gasteiger partial charge >= 0.3 is 0 Å². The van der Waals surface area contributed by atoms with Gasteiger partial charge < -0.3 is 9.73 Å². The molecule has 214 valence electrons. The first-order valence-corrected chi connectivity index (χ1v) is 15.4. The molecule has 1 aromatic heterocycles. The Kier molecular flexibility index (Phi) is 6.00. The number of aliphatic imine (C=N–C) groups is 1. The second-order valence-electron chi connectivity index (χ2n) is 11.6. The fourth-order valence-electron chi connectivity index (χ4n) is 6.83. The molecule has 0 bridgehead atoms. The van der Waals surface area contributed by atoms with Crippen molar-refractivity contribution in [3.8, 4) is 11.1 Å². The Balaban J connectivity index is 1.30. The van der Waals surface area contributed by atoms with Crippen LogP contribution in [0, 0.1) is 0 Å². The van der Waals surface area contributed by atoms with Crippen LogP contribution in [0.4, 0.5) is 0 Å². The summed E-state index contributed by atoms with van der Waals surface area (Å²) >= 11 is 0. The summed E-state index contributed by atoms with van der Waals surface area (Å²) in [6.07, 6.45) is -0.468. The van der Waals surface area contributed by atoms with E-state index in [1.54, 1.807) is 0 Å². The van der Waals surface area contributed by atoms with Crippen LogP contribution in [0.1, 0.15) is 29.0 Å². The van der Waals surface area contributed by atoms with Crippen LogP contribution in [0.25, 0.3) is 54.6 Å².